The molecule has 0 saturated carbocycles. The number of hydrogen-bond donors (Lipinski definition) is 2. The van der Waals surface area contributed by atoms with E-state index in [1.54, 1.807) is 19.2 Å². The van der Waals surface area contributed by atoms with Crippen molar-refractivity contribution < 1.29 is 14.3 Å². The van der Waals surface area contributed by atoms with Gasteiger partial charge in [-0.05, 0) is 69.0 Å². The quantitative estimate of drug-likeness (QED) is 0.784. The standard InChI is InChI=1S/C21H31N3O3.ClH/c1-16-7-13-24(14-8-16)19(25)17-3-5-18(6-4-17)23-20(26)21(15-27-2)9-11-22-12-10-21;/h3-6,16,22H,7-15H2,1-2H3,(H,23,26);1H. The van der Waals surface area contributed by atoms with E-state index in [0.29, 0.717) is 18.1 Å². The van der Waals surface area contributed by atoms with Crippen LogP contribution in [0.1, 0.15) is 43.0 Å². The van der Waals surface area contributed by atoms with Crippen LogP contribution in [0.2, 0.25) is 0 Å². The van der Waals surface area contributed by atoms with Gasteiger partial charge in [0.05, 0.1) is 12.0 Å². The lowest BCUT2D eigenvalue weighted by molar-refractivity contribution is -0.130. The van der Waals surface area contributed by atoms with Gasteiger partial charge in [0.2, 0.25) is 5.91 Å². The van der Waals surface area contributed by atoms with Gasteiger partial charge >= 0.3 is 0 Å². The van der Waals surface area contributed by atoms with Gasteiger partial charge in [0.25, 0.3) is 5.91 Å². The molecular weight excluding hydrogens is 378 g/mol. The van der Waals surface area contributed by atoms with Gasteiger partial charge in [-0.1, -0.05) is 6.92 Å². The number of anilines is 1. The number of piperidine rings is 2. The molecule has 28 heavy (non-hydrogen) atoms. The van der Waals surface area contributed by atoms with E-state index in [4.69, 9.17) is 4.74 Å². The van der Waals surface area contributed by atoms with E-state index in [1.807, 2.05) is 17.0 Å². The zero-order valence-electron chi connectivity index (χ0n) is 16.8. The van der Waals surface area contributed by atoms with E-state index in [1.165, 1.54) is 0 Å². The molecular formula is C21H32ClN3O3. The molecule has 2 saturated heterocycles. The Hall–Kier alpha value is -1.63. The van der Waals surface area contributed by atoms with Crippen molar-refractivity contribution in [3.8, 4) is 0 Å². The molecule has 2 fully saturated rings. The largest absolute Gasteiger partial charge is 0.384 e. The molecule has 0 spiro atoms. The zero-order chi connectivity index (χ0) is 19.3. The van der Waals surface area contributed by atoms with Crippen LogP contribution in [-0.2, 0) is 9.53 Å². The lowest BCUT2D eigenvalue weighted by atomic mass is 9.78. The Bertz CT molecular complexity index is 646. The van der Waals surface area contributed by atoms with Gasteiger partial charge in [0.1, 0.15) is 0 Å². The van der Waals surface area contributed by atoms with Crippen LogP contribution in [-0.4, -0.2) is 56.6 Å². The molecule has 1 aromatic carbocycles. The topological polar surface area (TPSA) is 70.7 Å². The minimum absolute atomic E-state index is 0. The molecule has 0 radical (unpaired) electrons. The van der Waals surface area contributed by atoms with E-state index in [0.717, 1.165) is 57.5 Å². The third-order valence-electron chi connectivity index (χ3n) is 5.92. The van der Waals surface area contributed by atoms with Crippen molar-refractivity contribution in [2.24, 2.45) is 11.3 Å². The highest BCUT2D eigenvalue weighted by Crippen LogP contribution is 2.31. The highest BCUT2D eigenvalue weighted by atomic mass is 35.5. The monoisotopic (exact) mass is 409 g/mol. The molecule has 2 heterocycles. The molecule has 2 N–H and O–H groups in total. The van der Waals surface area contributed by atoms with Crippen molar-refractivity contribution in [3.05, 3.63) is 29.8 Å². The smallest absolute Gasteiger partial charge is 0.253 e. The van der Waals surface area contributed by atoms with E-state index in [-0.39, 0.29) is 24.2 Å². The average Bonchev–Trinajstić information content (AvgIpc) is 2.69. The van der Waals surface area contributed by atoms with Gasteiger partial charge in [0, 0.05) is 31.5 Å². The van der Waals surface area contributed by atoms with Crippen molar-refractivity contribution in [3.63, 3.8) is 0 Å². The van der Waals surface area contributed by atoms with Gasteiger partial charge < -0.3 is 20.3 Å². The second-order valence-corrected chi connectivity index (χ2v) is 7.97. The van der Waals surface area contributed by atoms with Crippen molar-refractivity contribution in [2.75, 3.05) is 45.2 Å². The molecule has 3 rings (SSSR count). The van der Waals surface area contributed by atoms with Gasteiger partial charge in [-0.2, -0.15) is 0 Å². The van der Waals surface area contributed by atoms with Gasteiger partial charge in [-0.15, -0.1) is 12.4 Å². The predicted molar refractivity (Wildman–Crippen MR) is 113 cm³/mol. The maximum absolute atomic E-state index is 12.9. The van der Waals surface area contributed by atoms with Crippen LogP contribution in [0.4, 0.5) is 5.69 Å². The maximum Gasteiger partial charge on any atom is 0.253 e. The first-order valence-electron chi connectivity index (χ1n) is 9.94. The van der Waals surface area contributed by atoms with Crippen LogP contribution >= 0.6 is 12.4 Å². The summed E-state index contributed by atoms with van der Waals surface area (Å²) in [5.74, 6) is 0.768. The number of nitrogens with one attached hydrogen (secondary N) is 2. The third-order valence-corrected chi connectivity index (χ3v) is 5.92. The van der Waals surface area contributed by atoms with E-state index in [9.17, 15) is 9.59 Å². The van der Waals surface area contributed by atoms with Gasteiger partial charge in [-0.3, -0.25) is 9.59 Å². The molecule has 0 bridgehead atoms. The second kappa shape index (κ2) is 10.2. The summed E-state index contributed by atoms with van der Waals surface area (Å²) in [6, 6.07) is 7.25. The Morgan fingerprint density at radius 2 is 1.79 bits per heavy atom. The third kappa shape index (κ3) is 5.25. The van der Waals surface area contributed by atoms with Crippen LogP contribution < -0.4 is 10.6 Å². The van der Waals surface area contributed by atoms with Crippen molar-refractivity contribution in [2.45, 2.75) is 32.6 Å². The summed E-state index contributed by atoms with van der Waals surface area (Å²) in [5, 5.41) is 6.31. The highest BCUT2D eigenvalue weighted by molar-refractivity contribution is 5.97. The normalized spacial score (nSPS) is 19.6. The average molecular weight is 410 g/mol. The maximum atomic E-state index is 12.9. The molecule has 0 aromatic heterocycles. The number of ether oxygens (including phenoxy) is 1. The van der Waals surface area contributed by atoms with Crippen LogP contribution in [0.25, 0.3) is 0 Å². The number of rotatable bonds is 5. The minimum atomic E-state index is -0.487. The van der Waals surface area contributed by atoms with E-state index >= 15 is 0 Å². The number of carbonyl (C=O) groups excluding carboxylic acids is 2. The fourth-order valence-corrected chi connectivity index (χ4v) is 3.97. The van der Waals surface area contributed by atoms with Crippen LogP contribution in [0, 0.1) is 11.3 Å². The number of carbonyl (C=O) groups is 2. The minimum Gasteiger partial charge on any atom is -0.384 e. The lowest BCUT2D eigenvalue weighted by Crippen LogP contribution is -2.47. The fraction of sp³-hybridized carbons (Fsp3) is 0.619. The molecule has 6 nitrogen and oxygen atoms in total. The first-order chi connectivity index (χ1) is 13.0. The lowest BCUT2D eigenvalue weighted by Gasteiger charge is -2.35. The number of hydrogen-bond acceptors (Lipinski definition) is 4. The van der Waals surface area contributed by atoms with Gasteiger partial charge in [0.15, 0.2) is 0 Å². The van der Waals surface area contributed by atoms with E-state index < -0.39 is 5.41 Å². The SMILES string of the molecule is COCC1(C(=O)Nc2ccc(C(=O)N3CCC(C)CC3)cc2)CCNCC1.Cl. The molecule has 2 aliphatic heterocycles. The Labute approximate surface area is 173 Å². The Morgan fingerprint density at radius 1 is 1.18 bits per heavy atom. The molecule has 0 unspecified atom stereocenters. The van der Waals surface area contributed by atoms with Crippen molar-refractivity contribution in [1.82, 2.24) is 10.2 Å². The number of benzene rings is 1. The van der Waals surface area contributed by atoms with Crippen molar-refractivity contribution in [1.29, 1.82) is 0 Å². The molecule has 7 heteroatoms. The van der Waals surface area contributed by atoms with Crippen molar-refractivity contribution >= 4 is 29.9 Å². The first-order valence-corrected chi connectivity index (χ1v) is 9.94. The summed E-state index contributed by atoms with van der Waals surface area (Å²) < 4.78 is 5.33. The van der Waals surface area contributed by atoms with E-state index in [2.05, 4.69) is 17.6 Å². The fourth-order valence-electron chi connectivity index (χ4n) is 3.97. The summed E-state index contributed by atoms with van der Waals surface area (Å²) in [7, 11) is 1.64. The molecule has 0 aliphatic carbocycles. The van der Waals surface area contributed by atoms with Gasteiger partial charge in [-0.25, -0.2) is 0 Å². The highest BCUT2D eigenvalue weighted by Gasteiger charge is 2.39. The predicted octanol–water partition coefficient (Wildman–Crippen LogP) is 2.94. The number of likely N-dealkylation sites (tertiary alicyclic amines) is 1. The molecule has 1 aromatic rings. The van der Waals surface area contributed by atoms with Crippen LogP contribution in [0.15, 0.2) is 24.3 Å². The summed E-state index contributed by atoms with van der Waals surface area (Å²) >= 11 is 0. The Balaban J connectivity index is 0.00000280. The summed E-state index contributed by atoms with van der Waals surface area (Å²) in [6.45, 7) is 5.94. The molecule has 2 amide bonds. The molecule has 0 atom stereocenters. The van der Waals surface area contributed by atoms with Crippen LogP contribution in [0.3, 0.4) is 0 Å². The Morgan fingerprint density at radius 3 is 2.36 bits per heavy atom. The number of methoxy groups -OCH3 is 1. The number of halogens is 1. The molecule has 156 valence electrons. The molecule has 2 aliphatic rings. The number of amides is 2. The Kier molecular flexibility index (Phi) is 8.28. The summed E-state index contributed by atoms with van der Waals surface area (Å²) in [4.78, 5) is 27.4. The zero-order valence-corrected chi connectivity index (χ0v) is 17.6. The summed E-state index contributed by atoms with van der Waals surface area (Å²) in [5.41, 5.74) is 0.910. The number of nitrogens with zero attached hydrogens (tertiary/aromatic N) is 1. The summed E-state index contributed by atoms with van der Waals surface area (Å²) in [6.07, 6.45) is 3.65. The first kappa shape index (κ1) is 22.7. The van der Waals surface area contributed by atoms with Crippen LogP contribution in [0.5, 0.6) is 0 Å². The second-order valence-electron chi connectivity index (χ2n) is 7.97.